The van der Waals surface area contributed by atoms with Crippen molar-refractivity contribution in [3.8, 4) is 0 Å². The summed E-state index contributed by atoms with van der Waals surface area (Å²) >= 11 is 0. The predicted molar refractivity (Wildman–Crippen MR) is 96.1 cm³/mol. The number of hydrogen-bond acceptors (Lipinski definition) is 5. The average molecular weight is 359 g/mol. The van der Waals surface area contributed by atoms with Crippen LogP contribution in [0.15, 0.2) is 29.4 Å². The first-order valence-electron chi connectivity index (χ1n) is 9.07. The third-order valence-electron chi connectivity index (χ3n) is 5.53. The highest BCUT2D eigenvalue weighted by Gasteiger charge is 2.45. The Kier molecular flexibility index (Phi) is 5.25. The van der Waals surface area contributed by atoms with Gasteiger partial charge in [-0.05, 0) is 37.8 Å². The molecule has 0 aromatic carbocycles. The number of methoxy groups -OCH3 is 1. The predicted octanol–water partition coefficient (Wildman–Crippen LogP) is 1.55. The molecule has 2 aliphatic heterocycles. The number of esters is 1. The fraction of sp³-hybridized carbons (Fsp3) is 0.579. The maximum atomic E-state index is 13.0. The second-order valence-electron chi connectivity index (χ2n) is 7.27. The lowest BCUT2D eigenvalue weighted by Gasteiger charge is -2.42. The molecule has 1 N–H and O–H groups in total. The van der Waals surface area contributed by atoms with E-state index in [1.54, 1.807) is 30.2 Å². The number of nitrogens with one attached hydrogen (secondary N) is 1. The van der Waals surface area contributed by atoms with Crippen molar-refractivity contribution in [1.29, 1.82) is 0 Å². The largest absolute Gasteiger partial charge is 0.469 e. The maximum absolute atomic E-state index is 13.0. The van der Waals surface area contributed by atoms with Gasteiger partial charge in [-0.2, -0.15) is 4.99 Å². The van der Waals surface area contributed by atoms with Crippen LogP contribution in [0.1, 0.15) is 39.0 Å². The van der Waals surface area contributed by atoms with E-state index in [4.69, 9.17) is 4.74 Å². The SMILES string of the molecule is COC(=O)C1CCCCC1CNC(=O)C1(C)CC(=O)N=C2C=CC=CN21. The van der Waals surface area contributed by atoms with Crippen LogP contribution in [0.25, 0.3) is 0 Å². The molecule has 2 amide bonds. The number of rotatable bonds is 4. The monoisotopic (exact) mass is 359 g/mol. The Labute approximate surface area is 153 Å². The van der Waals surface area contributed by atoms with Gasteiger partial charge in [-0.25, -0.2) is 0 Å². The van der Waals surface area contributed by atoms with Gasteiger partial charge in [-0.3, -0.25) is 14.4 Å². The lowest BCUT2D eigenvalue weighted by molar-refractivity contribution is -0.149. The molecule has 0 saturated heterocycles. The van der Waals surface area contributed by atoms with Crippen molar-refractivity contribution in [3.63, 3.8) is 0 Å². The van der Waals surface area contributed by atoms with Crippen LogP contribution < -0.4 is 5.32 Å². The van der Waals surface area contributed by atoms with Gasteiger partial charge >= 0.3 is 5.97 Å². The van der Waals surface area contributed by atoms with E-state index in [0.29, 0.717) is 12.4 Å². The molecule has 0 spiro atoms. The molecule has 3 unspecified atom stereocenters. The highest BCUT2D eigenvalue weighted by molar-refractivity contribution is 6.09. The van der Waals surface area contributed by atoms with Gasteiger partial charge in [0.25, 0.3) is 5.91 Å². The summed E-state index contributed by atoms with van der Waals surface area (Å²) in [5.41, 5.74) is -1.02. The van der Waals surface area contributed by atoms with Crippen LogP contribution in [0.5, 0.6) is 0 Å². The van der Waals surface area contributed by atoms with Crippen LogP contribution >= 0.6 is 0 Å². The number of amidine groups is 1. The molecule has 3 rings (SSSR count). The molecule has 3 atom stereocenters. The molecule has 26 heavy (non-hydrogen) atoms. The maximum Gasteiger partial charge on any atom is 0.309 e. The van der Waals surface area contributed by atoms with E-state index < -0.39 is 5.54 Å². The summed E-state index contributed by atoms with van der Waals surface area (Å²) in [5, 5.41) is 2.97. The summed E-state index contributed by atoms with van der Waals surface area (Å²) in [6, 6.07) is 0. The molecule has 3 aliphatic rings. The van der Waals surface area contributed by atoms with E-state index in [0.717, 1.165) is 25.7 Å². The lowest BCUT2D eigenvalue weighted by Crippen LogP contribution is -2.60. The van der Waals surface area contributed by atoms with Crippen LogP contribution in [-0.4, -0.2) is 47.7 Å². The molecule has 7 nitrogen and oxygen atoms in total. The lowest BCUT2D eigenvalue weighted by atomic mass is 9.79. The Morgan fingerprint density at radius 2 is 2.12 bits per heavy atom. The van der Waals surface area contributed by atoms with Gasteiger partial charge in [-0.15, -0.1) is 0 Å². The molecule has 0 bridgehead atoms. The first-order valence-corrected chi connectivity index (χ1v) is 9.07. The van der Waals surface area contributed by atoms with E-state index in [2.05, 4.69) is 10.3 Å². The molecule has 0 aromatic rings. The van der Waals surface area contributed by atoms with Crippen LogP contribution in [0, 0.1) is 11.8 Å². The first kappa shape index (κ1) is 18.4. The van der Waals surface area contributed by atoms with E-state index in [1.807, 2.05) is 6.08 Å². The number of fused-ring (bicyclic) bond motifs is 1. The highest BCUT2D eigenvalue weighted by atomic mass is 16.5. The van der Waals surface area contributed by atoms with E-state index >= 15 is 0 Å². The summed E-state index contributed by atoms with van der Waals surface area (Å²) in [5.74, 6) is -0.378. The van der Waals surface area contributed by atoms with Crippen molar-refractivity contribution in [3.05, 3.63) is 24.4 Å². The average Bonchev–Trinajstić information content (AvgIpc) is 2.65. The summed E-state index contributed by atoms with van der Waals surface area (Å²) in [4.78, 5) is 42.7. The third kappa shape index (κ3) is 3.43. The van der Waals surface area contributed by atoms with Crippen molar-refractivity contribution in [2.45, 2.75) is 44.6 Å². The molecule has 0 aromatic heterocycles. The first-order chi connectivity index (χ1) is 12.5. The highest BCUT2D eigenvalue weighted by Crippen LogP contribution is 2.32. The normalized spacial score (nSPS) is 30.5. The smallest absolute Gasteiger partial charge is 0.309 e. The molecule has 1 saturated carbocycles. The minimum Gasteiger partial charge on any atom is -0.469 e. The summed E-state index contributed by atoms with van der Waals surface area (Å²) in [6.07, 6.45) is 10.8. The van der Waals surface area contributed by atoms with Crippen molar-refractivity contribution in [2.24, 2.45) is 16.8 Å². The van der Waals surface area contributed by atoms with Gasteiger partial charge in [-0.1, -0.05) is 18.9 Å². The molecular weight excluding hydrogens is 334 g/mol. The Morgan fingerprint density at radius 1 is 1.35 bits per heavy atom. The van der Waals surface area contributed by atoms with Crippen LogP contribution in [-0.2, 0) is 19.1 Å². The van der Waals surface area contributed by atoms with Gasteiger partial charge in [0.2, 0.25) is 5.91 Å². The minimum atomic E-state index is -1.02. The second kappa shape index (κ2) is 7.43. The third-order valence-corrected chi connectivity index (χ3v) is 5.53. The number of allylic oxidation sites excluding steroid dienone is 2. The number of hydrogen-bond donors (Lipinski definition) is 1. The quantitative estimate of drug-likeness (QED) is 0.770. The molecular formula is C19H25N3O4. The number of carbonyl (C=O) groups is 3. The van der Waals surface area contributed by atoms with Crippen molar-refractivity contribution in [1.82, 2.24) is 10.2 Å². The molecule has 7 heteroatoms. The van der Waals surface area contributed by atoms with Gasteiger partial charge in [0.1, 0.15) is 11.4 Å². The van der Waals surface area contributed by atoms with Gasteiger partial charge < -0.3 is 15.0 Å². The summed E-state index contributed by atoms with van der Waals surface area (Å²) < 4.78 is 4.91. The van der Waals surface area contributed by atoms with Crippen LogP contribution in [0.3, 0.4) is 0 Å². The number of amides is 2. The molecule has 140 valence electrons. The molecule has 2 heterocycles. The van der Waals surface area contributed by atoms with E-state index in [9.17, 15) is 14.4 Å². The second-order valence-corrected chi connectivity index (χ2v) is 7.27. The summed E-state index contributed by atoms with van der Waals surface area (Å²) in [7, 11) is 1.40. The minimum absolute atomic E-state index is 0.0195. The van der Waals surface area contributed by atoms with Crippen LogP contribution in [0.4, 0.5) is 0 Å². The van der Waals surface area contributed by atoms with Gasteiger partial charge in [0.15, 0.2) is 0 Å². The Morgan fingerprint density at radius 3 is 2.88 bits per heavy atom. The number of carbonyl (C=O) groups excluding carboxylic acids is 3. The fourth-order valence-corrected chi connectivity index (χ4v) is 4.01. The molecule has 0 radical (unpaired) electrons. The Balaban J connectivity index is 1.70. The summed E-state index contributed by atoms with van der Waals surface area (Å²) in [6.45, 7) is 2.15. The Hall–Kier alpha value is -2.44. The van der Waals surface area contributed by atoms with E-state index in [-0.39, 0.29) is 36.0 Å². The zero-order valence-electron chi connectivity index (χ0n) is 15.2. The van der Waals surface area contributed by atoms with Crippen molar-refractivity contribution < 1.29 is 19.1 Å². The zero-order chi connectivity index (χ0) is 18.7. The van der Waals surface area contributed by atoms with E-state index in [1.165, 1.54) is 7.11 Å². The van der Waals surface area contributed by atoms with Crippen molar-refractivity contribution in [2.75, 3.05) is 13.7 Å². The topological polar surface area (TPSA) is 88.1 Å². The van der Waals surface area contributed by atoms with Crippen molar-refractivity contribution >= 4 is 23.6 Å². The van der Waals surface area contributed by atoms with Gasteiger partial charge in [0, 0.05) is 12.7 Å². The number of aliphatic imine (C=N–C) groups is 1. The standard InChI is InChI=1S/C19H25N3O4/c1-19(11-16(23)21-15-9-5-6-10-22(15)19)18(25)20-12-13-7-3-4-8-14(13)17(24)26-2/h5-6,9-10,13-14H,3-4,7-8,11-12H2,1-2H3,(H,20,25). The molecule has 1 fully saturated rings. The number of nitrogens with zero attached hydrogens (tertiary/aromatic N) is 2. The van der Waals surface area contributed by atoms with Crippen LogP contribution in [0.2, 0.25) is 0 Å². The number of ether oxygens (including phenoxy) is 1. The van der Waals surface area contributed by atoms with Gasteiger partial charge in [0.05, 0.1) is 19.4 Å². The zero-order valence-corrected chi connectivity index (χ0v) is 15.2. The fourth-order valence-electron chi connectivity index (χ4n) is 4.01. The molecule has 1 aliphatic carbocycles. The Bertz CT molecular complexity index is 697.